The van der Waals surface area contributed by atoms with E-state index in [0.717, 1.165) is 5.56 Å². The maximum atomic E-state index is 9.88. The summed E-state index contributed by atoms with van der Waals surface area (Å²) in [7, 11) is 0. The van der Waals surface area contributed by atoms with Crippen LogP contribution in [0.25, 0.3) is 0 Å². The zero-order valence-corrected chi connectivity index (χ0v) is 8.66. The number of aliphatic hydroxyl groups is 1. The lowest BCUT2D eigenvalue weighted by atomic mass is 10.1. The zero-order valence-electron chi connectivity index (χ0n) is 7.09. The van der Waals surface area contributed by atoms with E-state index in [0.29, 0.717) is 9.90 Å². The van der Waals surface area contributed by atoms with Crippen molar-refractivity contribution < 1.29 is 5.11 Å². The predicted molar refractivity (Wildman–Crippen MR) is 55.4 cm³/mol. The summed E-state index contributed by atoms with van der Waals surface area (Å²) in [6.07, 6.45) is 0.865. The molecule has 0 bridgehead atoms. The van der Waals surface area contributed by atoms with Crippen LogP contribution in [0.4, 0.5) is 0 Å². The second-order valence-corrected chi connectivity index (χ2v) is 4.03. The zero-order chi connectivity index (χ0) is 9.97. The highest BCUT2D eigenvalue weighted by molar-refractivity contribution is 7.05. The van der Waals surface area contributed by atoms with Crippen molar-refractivity contribution >= 4 is 23.1 Å². The Bertz CT molecular complexity index is 419. The molecule has 2 rings (SSSR count). The smallest absolute Gasteiger partial charge is 0.116 e. The third kappa shape index (κ3) is 1.92. The van der Waals surface area contributed by atoms with Gasteiger partial charge in [0.05, 0.1) is 11.1 Å². The van der Waals surface area contributed by atoms with Crippen LogP contribution in [0.2, 0.25) is 5.02 Å². The summed E-state index contributed by atoms with van der Waals surface area (Å²) < 4.78 is 3.69. The van der Waals surface area contributed by atoms with E-state index in [1.165, 1.54) is 11.5 Å². The fraction of sp³-hybridized carbons (Fsp3) is 0.111. The Kier molecular flexibility index (Phi) is 2.77. The van der Waals surface area contributed by atoms with Crippen LogP contribution in [0.15, 0.2) is 30.5 Å². The highest BCUT2D eigenvalue weighted by atomic mass is 35.5. The van der Waals surface area contributed by atoms with Crippen molar-refractivity contribution in [3.05, 3.63) is 45.9 Å². The lowest BCUT2D eigenvalue weighted by Gasteiger charge is -2.07. The molecule has 0 amide bonds. The van der Waals surface area contributed by atoms with Crippen LogP contribution in [-0.4, -0.2) is 14.7 Å². The molecule has 0 saturated carbocycles. The van der Waals surface area contributed by atoms with E-state index in [-0.39, 0.29) is 0 Å². The van der Waals surface area contributed by atoms with E-state index in [2.05, 4.69) is 9.59 Å². The van der Waals surface area contributed by atoms with Crippen molar-refractivity contribution in [2.75, 3.05) is 0 Å². The number of aromatic nitrogens is 2. The second-order valence-electron chi connectivity index (χ2n) is 2.78. The first-order chi connectivity index (χ1) is 6.77. The summed E-state index contributed by atoms with van der Waals surface area (Å²) in [5, 5.41) is 14.2. The number of nitrogens with zero attached hydrogens (tertiary/aromatic N) is 2. The van der Waals surface area contributed by atoms with E-state index in [1.807, 2.05) is 6.07 Å². The molecule has 2 aromatic rings. The van der Waals surface area contributed by atoms with Gasteiger partial charge in [0.2, 0.25) is 0 Å². The molecule has 1 heterocycles. The topological polar surface area (TPSA) is 46.0 Å². The van der Waals surface area contributed by atoms with E-state index in [4.69, 9.17) is 11.6 Å². The van der Waals surface area contributed by atoms with Gasteiger partial charge in [0.15, 0.2) is 0 Å². The molecule has 1 N–H and O–H groups in total. The van der Waals surface area contributed by atoms with Crippen molar-refractivity contribution in [2.45, 2.75) is 6.10 Å². The molecule has 1 unspecified atom stereocenters. The van der Waals surface area contributed by atoms with Crippen LogP contribution in [0.3, 0.4) is 0 Å². The first kappa shape index (κ1) is 9.58. The van der Waals surface area contributed by atoms with Crippen LogP contribution < -0.4 is 0 Å². The minimum Gasteiger partial charge on any atom is -0.383 e. The van der Waals surface area contributed by atoms with E-state index in [1.54, 1.807) is 24.4 Å². The Morgan fingerprint density at radius 3 is 2.93 bits per heavy atom. The molecule has 72 valence electrons. The first-order valence-electron chi connectivity index (χ1n) is 3.98. The van der Waals surface area contributed by atoms with Gasteiger partial charge in [-0.25, -0.2) is 0 Å². The van der Waals surface area contributed by atoms with Crippen molar-refractivity contribution in [3.63, 3.8) is 0 Å². The number of halogens is 1. The van der Waals surface area contributed by atoms with Gasteiger partial charge in [-0.05, 0) is 29.2 Å². The standard InChI is InChI=1S/C9H7ClN2OS/c10-7-3-1-2-6(4-7)9(13)8-5-11-12-14-8/h1-5,9,13H. The fourth-order valence-corrected chi connectivity index (χ4v) is 1.85. The van der Waals surface area contributed by atoms with Gasteiger partial charge in [0.25, 0.3) is 0 Å². The highest BCUT2D eigenvalue weighted by Crippen LogP contribution is 2.25. The van der Waals surface area contributed by atoms with Crippen molar-refractivity contribution in [3.8, 4) is 0 Å². The molecule has 1 atom stereocenters. The van der Waals surface area contributed by atoms with E-state index >= 15 is 0 Å². The van der Waals surface area contributed by atoms with E-state index in [9.17, 15) is 5.11 Å². The van der Waals surface area contributed by atoms with Crippen LogP contribution >= 0.6 is 23.1 Å². The van der Waals surface area contributed by atoms with Crippen molar-refractivity contribution in [1.29, 1.82) is 0 Å². The van der Waals surface area contributed by atoms with Crippen LogP contribution in [0.1, 0.15) is 16.5 Å². The quantitative estimate of drug-likeness (QED) is 0.855. The monoisotopic (exact) mass is 226 g/mol. The van der Waals surface area contributed by atoms with Crippen LogP contribution in [-0.2, 0) is 0 Å². The molecular formula is C9H7ClN2OS. The average molecular weight is 227 g/mol. The third-order valence-electron chi connectivity index (χ3n) is 1.81. The Morgan fingerprint density at radius 1 is 1.43 bits per heavy atom. The van der Waals surface area contributed by atoms with Gasteiger partial charge in [-0.3, -0.25) is 0 Å². The highest BCUT2D eigenvalue weighted by Gasteiger charge is 2.12. The number of benzene rings is 1. The number of hydrogen-bond acceptors (Lipinski definition) is 4. The minimum atomic E-state index is -0.686. The number of rotatable bonds is 2. The molecule has 0 fully saturated rings. The normalized spacial score (nSPS) is 12.7. The Labute approximate surface area is 90.1 Å². The molecule has 0 aliphatic carbocycles. The van der Waals surface area contributed by atoms with Gasteiger partial charge < -0.3 is 5.11 Å². The average Bonchev–Trinajstić information content (AvgIpc) is 2.69. The van der Waals surface area contributed by atoms with Crippen LogP contribution in [0, 0.1) is 0 Å². The molecule has 14 heavy (non-hydrogen) atoms. The van der Waals surface area contributed by atoms with Gasteiger partial charge >= 0.3 is 0 Å². The summed E-state index contributed by atoms with van der Waals surface area (Å²) in [6, 6.07) is 7.11. The fourth-order valence-electron chi connectivity index (χ4n) is 1.14. The first-order valence-corrected chi connectivity index (χ1v) is 5.13. The van der Waals surface area contributed by atoms with Crippen LogP contribution in [0.5, 0.6) is 0 Å². The predicted octanol–water partition coefficient (Wildman–Crippen LogP) is 2.27. The lowest BCUT2D eigenvalue weighted by molar-refractivity contribution is 0.224. The number of hydrogen-bond donors (Lipinski definition) is 1. The van der Waals surface area contributed by atoms with Gasteiger partial charge in [0, 0.05) is 5.02 Å². The van der Waals surface area contributed by atoms with Crippen molar-refractivity contribution in [2.24, 2.45) is 0 Å². The molecule has 0 spiro atoms. The molecule has 3 nitrogen and oxygen atoms in total. The SMILES string of the molecule is OC(c1cccc(Cl)c1)c1cnns1. The van der Waals surface area contributed by atoms with Gasteiger partial charge in [-0.2, -0.15) is 0 Å². The largest absolute Gasteiger partial charge is 0.383 e. The maximum absolute atomic E-state index is 9.88. The molecule has 0 aliphatic rings. The summed E-state index contributed by atoms with van der Waals surface area (Å²) in [5.41, 5.74) is 0.753. The Balaban J connectivity index is 2.32. The summed E-state index contributed by atoms with van der Waals surface area (Å²) in [5.74, 6) is 0. The van der Waals surface area contributed by atoms with Gasteiger partial charge in [0.1, 0.15) is 6.10 Å². The van der Waals surface area contributed by atoms with Gasteiger partial charge in [-0.1, -0.05) is 28.2 Å². The molecule has 0 saturated heterocycles. The Hall–Kier alpha value is -0.970. The van der Waals surface area contributed by atoms with Gasteiger partial charge in [-0.15, -0.1) is 5.10 Å². The van der Waals surface area contributed by atoms with Crippen molar-refractivity contribution in [1.82, 2.24) is 9.59 Å². The van der Waals surface area contributed by atoms with E-state index < -0.39 is 6.10 Å². The molecule has 5 heteroatoms. The lowest BCUT2D eigenvalue weighted by Crippen LogP contribution is -1.96. The molecule has 1 aromatic carbocycles. The molecule has 0 radical (unpaired) electrons. The molecule has 1 aromatic heterocycles. The number of aliphatic hydroxyl groups excluding tert-OH is 1. The molecular weight excluding hydrogens is 220 g/mol. The minimum absolute atomic E-state index is 0.610. The second kappa shape index (κ2) is 4.04. The Morgan fingerprint density at radius 2 is 2.29 bits per heavy atom. The summed E-state index contributed by atoms with van der Waals surface area (Å²) >= 11 is 6.99. The summed E-state index contributed by atoms with van der Waals surface area (Å²) in [4.78, 5) is 0.715. The maximum Gasteiger partial charge on any atom is 0.116 e. The summed E-state index contributed by atoms with van der Waals surface area (Å²) in [6.45, 7) is 0. The molecule has 0 aliphatic heterocycles. The third-order valence-corrected chi connectivity index (χ3v) is 2.76.